The SMILES string of the molecule is CN[C@@H](Cc1ccc(Cl)cc1)C(=O)N[C@@H]1CSSC[C@@H](C(=O)N[C@H](Cc2ccc(O)cc2)C(N)=O)NC(=O)[C@H]([C@@H](C)O)NC(=O)[C@H](CCCCN)NC(=O)[C@@H](Cc2ccc(C(N)=O)cc2)NC(=O)[C@H](Cc2ccc(O)cc2)CC1=O. The molecule has 16 N–H and O–H groups in total. The molecular weight excluding hydrogens is 1090 g/mol. The first-order valence-corrected chi connectivity index (χ1v) is 28.6. The number of aliphatic hydroxyl groups is 1. The number of hydrogen-bond donors (Lipinski definition) is 13. The van der Waals surface area contributed by atoms with Crippen molar-refractivity contribution in [3.05, 3.63) is 130 Å². The number of nitrogens with two attached hydrogens (primary N) is 3. The van der Waals surface area contributed by atoms with E-state index in [1.807, 2.05) is 0 Å². The number of ketones is 1. The summed E-state index contributed by atoms with van der Waals surface area (Å²) in [7, 11) is 3.59. The van der Waals surface area contributed by atoms with Crippen LogP contribution in [0.3, 0.4) is 0 Å². The minimum atomic E-state index is -1.75. The van der Waals surface area contributed by atoms with Gasteiger partial charge in [0.25, 0.3) is 0 Å². The van der Waals surface area contributed by atoms with E-state index in [1.54, 1.807) is 43.4 Å². The number of primary amides is 2. The van der Waals surface area contributed by atoms with Gasteiger partial charge in [0.05, 0.1) is 18.2 Å². The fraction of sp³-hybridized carbons (Fsp3) is 0.400. The molecular formula is C55H69ClN10O12S2. The van der Waals surface area contributed by atoms with E-state index < -0.39 is 114 Å². The number of benzene rings is 4. The van der Waals surface area contributed by atoms with Crippen molar-refractivity contribution in [2.45, 2.75) is 107 Å². The third-order valence-electron chi connectivity index (χ3n) is 13.1. The first-order valence-electron chi connectivity index (χ1n) is 25.8. The molecule has 8 amide bonds. The Morgan fingerprint density at radius 3 is 1.79 bits per heavy atom. The van der Waals surface area contributed by atoms with Crippen molar-refractivity contribution in [2.75, 3.05) is 25.1 Å². The topological polar surface area (TPSA) is 377 Å². The maximum atomic E-state index is 14.9. The quantitative estimate of drug-likeness (QED) is 0.0425. The molecule has 0 saturated carbocycles. The molecule has 0 radical (unpaired) electrons. The van der Waals surface area contributed by atoms with Gasteiger partial charge in [0, 0.05) is 47.3 Å². The zero-order valence-electron chi connectivity index (χ0n) is 44.2. The molecule has 1 aliphatic heterocycles. The number of phenols is 2. The van der Waals surface area contributed by atoms with Crippen molar-refractivity contribution < 1.29 is 58.5 Å². The van der Waals surface area contributed by atoms with E-state index >= 15 is 0 Å². The molecule has 5 rings (SSSR count). The highest BCUT2D eigenvalue weighted by Gasteiger charge is 2.37. The fourth-order valence-corrected chi connectivity index (χ4v) is 11.0. The van der Waals surface area contributed by atoms with Crippen molar-refractivity contribution >= 4 is 86.2 Å². The zero-order chi connectivity index (χ0) is 58.5. The predicted molar refractivity (Wildman–Crippen MR) is 304 cm³/mol. The summed E-state index contributed by atoms with van der Waals surface area (Å²) in [6.07, 6.45) is -1.70. The predicted octanol–water partition coefficient (Wildman–Crippen LogP) is 0.583. The van der Waals surface area contributed by atoms with Gasteiger partial charge < -0.3 is 69.7 Å². The van der Waals surface area contributed by atoms with Gasteiger partial charge in [-0.1, -0.05) is 81.7 Å². The number of likely N-dealkylation sites (N-methyl/N-ethyl adjacent to an activating group) is 1. The van der Waals surface area contributed by atoms with Gasteiger partial charge in [-0.2, -0.15) is 0 Å². The standard InChI is InChI=1S/C55H69ClN10O12S2/c1-30(67)47-55(78)65-45(54(77)62-41(49(59)72)24-34-12-20-39(69)21-13-34)29-80-79-28-44(64-52(75)42(60-2)25-33-8-16-37(56)17-9-33)46(70)27-36(23-31-10-18-38(68)19-11-31)50(73)63-43(26-32-6-14-35(15-7-32)48(58)71)53(76)61-40(51(74)66-47)5-3-4-22-57/h6-21,30,36,40-45,47,60,67-69H,3-5,22-29,57H2,1-2H3,(H2,58,71)(H2,59,72)(H,61,76)(H,62,77)(H,63,73)(H,64,75)(H,65,78)(H,66,74)/t30-,36-,40+,41-,42+,43-,44-,45+,47+/m1/s1. The van der Waals surface area contributed by atoms with Crippen molar-refractivity contribution in [2.24, 2.45) is 23.1 Å². The Morgan fingerprint density at radius 1 is 0.675 bits per heavy atom. The summed E-state index contributed by atoms with van der Waals surface area (Å²) in [5.74, 6) is -9.14. The molecule has 80 heavy (non-hydrogen) atoms. The van der Waals surface area contributed by atoms with E-state index in [4.69, 9.17) is 28.8 Å². The van der Waals surface area contributed by atoms with Gasteiger partial charge in [-0.3, -0.25) is 43.2 Å². The number of unbranched alkanes of at least 4 members (excludes halogenated alkanes) is 1. The Labute approximate surface area is 476 Å². The van der Waals surface area contributed by atoms with E-state index in [0.717, 1.165) is 27.2 Å². The van der Waals surface area contributed by atoms with Crippen LogP contribution in [0.1, 0.15) is 65.2 Å². The van der Waals surface area contributed by atoms with Crippen LogP contribution in [0.5, 0.6) is 11.5 Å². The van der Waals surface area contributed by atoms with Gasteiger partial charge in [-0.05, 0) is 123 Å². The Morgan fingerprint density at radius 2 is 1.21 bits per heavy atom. The molecule has 0 aliphatic carbocycles. The van der Waals surface area contributed by atoms with Crippen LogP contribution < -0.4 is 54.4 Å². The van der Waals surface area contributed by atoms with Crippen LogP contribution in [0.15, 0.2) is 97.1 Å². The lowest BCUT2D eigenvalue weighted by molar-refractivity contribution is -0.137. The monoisotopic (exact) mass is 1160 g/mol. The summed E-state index contributed by atoms with van der Waals surface area (Å²) in [6, 6.07) is 14.8. The van der Waals surface area contributed by atoms with Gasteiger partial charge in [0.1, 0.15) is 41.7 Å². The van der Waals surface area contributed by atoms with Crippen molar-refractivity contribution in [1.82, 2.24) is 37.2 Å². The van der Waals surface area contributed by atoms with Crippen molar-refractivity contribution in [3.63, 3.8) is 0 Å². The number of Topliss-reactive ketones (excluding diaryl/α,β-unsaturated/α-hetero) is 1. The molecule has 25 heteroatoms. The Bertz CT molecular complexity index is 2780. The van der Waals surface area contributed by atoms with Crippen molar-refractivity contribution in [1.29, 1.82) is 0 Å². The van der Waals surface area contributed by atoms with E-state index in [1.165, 1.54) is 67.6 Å². The smallest absolute Gasteiger partial charge is 0.248 e. The van der Waals surface area contributed by atoms with E-state index in [0.29, 0.717) is 34.6 Å². The number of carbonyl (C=O) groups is 9. The molecule has 4 aromatic rings. The molecule has 0 unspecified atom stereocenters. The highest BCUT2D eigenvalue weighted by molar-refractivity contribution is 8.76. The molecule has 1 heterocycles. The Hall–Kier alpha value is -7.22. The minimum Gasteiger partial charge on any atom is -0.508 e. The highest BCUT2D eigenvalue weighted by atomic mass is 35.5. The number of amides is 8. The number of nitrogens with one attached hydrogen (secondary N) is 7. The molecule has 22 nitrogen and oxygen atoms in total. The maximum Gasteiger partial charge on any atom is 0.248 e. The van der Waals surface area contributed by atoms with Crippen LogP contribution in [0.2, 0.25) is 5.02 Å². The number of carbonyl (C=O) groups excluding carboxylic acids is 9. The maximum absolute atomic E-state index is 14.9. The van der Waals surface area contributed by atoms with Crippen LogP contribution in [0, 0.1) is 5.92 Å². The lowest BCUT2D eigenvalue weighted by Gasteiger charge is -2.29. The summed E-state index contributed by atoms with van der Waals surface area (Å²) in [5.41, 5.74) is 19.4. The third-order valence-corrected chi connectivity index (χ3v) is 15.8. The molecule has 430 valence electrons. The Balaban J connectivity index is 1.59. The number of rotatable bonds is 20. The molecule has 0 spiro atoms. The average molecular weight is 1160 g/mol. The number of phenolic OH excluding ortho intramolecular Hbond substituents is 2. The van der Waals surface area contributed by atoms with Gasteiger partial charge in [-0.25, -0.2) is 0 Å². The summed E-state index contributed by atoms with van der Waals surface area (Å²) < 4.78 is 0. The largest absolute Gasteiger partial charge is 0.508 e. The number of aromatic hydroxyl groups is 2. The average Bonchev–Trinajstić information content (AvgIpc) is 3.43. The van der Waals surface area contributed by atoms with Gasteiger partial charge in [0.15, 0.2) is 5.78 Å². The summed E-state index contributed by atoms with van der Waals surface area (Å²) >= 11 is 6.12. The van der Waals surface area contributed by atoms with Crippen LogP contribution in [0.4, 0.5) is 0 Å². The van der Waals surface area contributed by atoms with Crippen molar-refractivity contribution in [3.8, 4) is 11.5 Å². The fourth-order valence-electron chi connectivity index (χ4n) is 8.50. The molecule has 1 saturated heterocycles. The third kappa shape index (κ3) is 20.2. The van der Waals surface area contributed by atoms with Crippen LogP contribution in [-0.4, -0.2) is 142 Å². The molecule has 0 aromatic heterocycles. The zero-order valence-corrected chi connectivity index (χ0v) is 46.5. The lowest BCUT2D eigenvalue weighted by Crippen LogP contribution is -2.62. The molecule has 9 atom stereocenters. The minimum absolute atomic E-state index is 0.0372. The first-order chi connectivity index (χ1) is 38.1. The molecule has 1 aliphatic rings. The summed E-state index contributed by atoms with van der Waals surface area (Å²) in [6.45, 7) is 1.44. The van der Waals surface area contributed by atoms with Crippen LogP contribution in [-0.2, 0) is 64.0 Å². The van der Waals surface area contributed by atoms with Gasteiger partial charge >= 0.3 is 0 Å². The second-order valence-corrected chi connectivity index (χ2v) is 22.3. The Kier molecular flexibility index (Phi) is 25.1. The van der Waals surface area contributed by atoms with E-state index in [2.05, 4.69) is 37.2 Å². The summed E-state index contributed by atoms with van der Waals surface area (Å²) in [4.78, 5) is 126. The van der Waals surface area contributed by atoms with Gasteiger partial charge in [-0.15, -0.1) is 0 Å². The number of aliphatic hydroxyl groups excluding tert-OH is 1. The second-order valence-electron chi connectivity index (χ2n) is 19.3. The van der Waals surface area contributed by atoms with Crippen LogP contribution in [0.25, 0.3) is 0 Å². The number of halogens is 1. The number of hydrogen-bond acceptors (Lipinski definition) is 16. The molecule has 1 fully saturated rings. The lowest BCUT2D eigenvalue weighted by atomic mass is 9.90. The first kappa shape index (κ1) is 63.6. The second kappa shape index (κ2) is 31.5. The molecule has 4 aromatic carbocycles. The van der Waals surface area contributed by atoms with E-state index in [9.17, 15) is 58.5 Å². The summed E-state index contributed by atoms with van der Waals surface area (Å²) in [5, 5.41) is 50.4. The molecule has 0 bridgehead atoms. The van der Waals surface area contributed by atoms with Crippen LogP contribution >= 0.6 is 33.2 Å². The highest BCUT2D eigenvalue weighted by Crippen LogP contribution is 2.26. The normalized spacial score (nSPS) is 21.0. The van der Waals surface area contributed by atoms with Gasteiger partial charge in [0.2, 0.25) is 47.3 Å². The van der Waals surface area contributed by atoms with E-state index in [-0.39, 0.29) is 67.2 Å².